The summed E-state index contributed by atoms with van der Waals surface area (Å²) in [6, 6.07) is 8.40. The summed E-state index contributed by atoms with van der Waals surface area (Å²) in [6.45, 7) is -0.252. The van der Waals surface area contributed by atoms with Crippen LogP contribution in [0.25, 0.3) is 0 Å². The average molecular weight is 537 g/mol. The lowest BCUT2D eigenvalue weighted by Crippen LogP contribution is -2.24. The maximum atomic E-state index is 11.8. The van der Waals surface area contributed by atoms with Crippen molar-refractivity contribution in [2.45, 2.75) is 0 Å². The molecular weight excluding hydrogens is 524 g/mol. The number of hydrogen-bond donors (Lipinski definition) is 2. The zero-order valence-corrected chi connectivity index (χ0v) is 17.7. The van der Waals surface area contributed by atoms with Gasteiger partial charge in [0.25, 0.3) is 5.91 Å². The molecule has 0 fully saturated rings. The van der Waals surface area contributed by atoms with Crippen LogP contribution >= 0.6 is 47.8 Å². The number of carbonyl (C=O) groups excluding carboxylic acids is 1. The van der Waals surface area contributed by atoms with E-state index in [1.165, 1.54) is 19.4 Å². The molecule has 9 heteroatoms. The summed E-state index contributed by atoms with van der Waals surface area (Å²) in [6.07, 6.45) is 1.34. The van der Waals surface area contributed by atoms with Gasteiger partial charge in [-0.2, -0.15) is 5.10 Å². The molecule has 1 amide bonds. The van der Waals surface area contributed by atoms with Crippen LogP contribution in [0.15, 0.2) is 48.9 Å². The zero-order chi connectivity index (χ0) is 18.4. The first-order valence-electron chi connectivity index (χ1n) is 6.87. The van der Waals surface area contributed by atoms with Crippen molar-refractivity contribution < 1.29 is 19.4 Å². The Balaban J connectivity index is 1.95. The van der Waals surface area contributed by atoms with E-state index in [-0.39, 0.29) is 12.4 Å². The van der Waals surface area contributed by atoms with Gasteiger partial charge >= 0.3 is 0 Å². The number of amides is 1. The Hall–Kier alpha value is -1.58. The van der Waals surface area contributed by atoms with E-state index >= 15 is 0 Å². The van der Waals surface area contributed by atoms with E-state index in [9.17, 15) is 9.90 Å². The van der Waals surface area contributed by atoms with Gasteiger partial charge in [-0.15, -0.1) is 0 Å². The van der Waals surface area contributed by atoms with E-state index in [0.717, 1.165) is 8.95 Å². The Kier molecular flexibility index (Phi) is 7.27. The first kappa shape index (κ1) is 19.7. The Morgan fingerprint density at radius 2 is 2.00 bits per heavy atom. The summed E-state index contributed by atoms with van der Waals surface area (Å²) in [7, 11) is 1.51. The van der Waals surface area contributed by atoms with Crippen LogP contribution in [-0.4, -0.2) is 30.9 Å². The lowest BCUT2D eigenvalue weighted by atomic mass is 10.2. The Morgan fingerprint density at radius 3 is 2.72 bits per heavy atom. The molecule has 0 atom stereocenters. The zero-order valence-electron chi connectivity index (χ0n) is 12.9. The third-order valence-corrected chi connectivity index (χ3v) is 4.46. The van der Waals surface area contributed by atoms with Crippen LogP contribution < -0.4 is 14.9 Å². The first-order valence-corrected chi connectivity index (χ1v) is 9.25. The number of nitrogens with zero attached hydrogens (tertiary/aromatic N) is 1. The molecule has 0 saturated carbocycles. The minimum Gasteiger partial charge on any atom is -0.507 e. The predicted molar refractivity (Wildman–Crippen MR) is 105 cm³/mol. The van der Waals surface area contributed by atoms with Gasteiger partial charge in [-0.05, 0) is 46.3 Å². The summed E-state index contributed by atoms with van der Waals surface area (Å²) >= 11 is 10.00. The Labute approximate surface area is 169 Å². The van der Waals surface area contributed by atoms with Crippen molar-refractivity contribution >= 4 is 59.9 Å². The number of phenolic OH excluding ortho intramolecular Hbond substituents is 1. The van der Waals surface area contributed by atoms with Crippen molar-refractivity contribution in [1.82, 2.24) is 5.43 Å². The SMILES string of the molecule is COc1cc(Br)cc(Br)c1OCC(=O)N/N=C\c1cc(Br)ccc1O. The van der Waals surface area contributed by atoms with Gasteiger partial charge in [0.05, 0.1) is 17.8 Å². The second-order valence-corrected chi connectivity index (χ2v) is 7.39. The number of ether oxygens (including phenoxy) is 2. The highest BCUT2D eigenvalue weighted by molar-refractivity contribution is 9.11. The lowest BCUT2D eigenvalue weighted by Gasteiger charge is -2.12. The minimum atomic E-state index is -0.456. The summed E-state index contributed by atoms with van der Waals surface area (Å²) in [5.41, 5.74) is 2.80. The third-order valence-electron chi connectivity index (χ3n) is 2.92. The smallest absolute Gasteiger partial charge is 0.277 e. The molecular formula is C16H13Br3N2O4. The summed E-state index contributed by atoms with van der Waals surface area (Å²) in [5.74, 6) is 0.495. The number of benzene rings is 2. The molecule has 6 nitrogen and oxygen atoms in total. The number of methoxy groups -OCH3 is 1. The summed E-state index contributed by atoms with van der Waals surface area (Å²) in [5, 5.41) is 13.5. The van der Waals surface area contributed by atoms with Crippen LogP contribution in [-0.2, 0) is 4.79 Å². The lowest BCUT2D eigenvalue weighted by molar-refractivity contribution is -0.123. The highest BCUT2D eigenvalue weighted by Gasteiger charge is 2.12. The second-order valence-electron chi connectivity index (χ2n) is 4.70. The summed E-state index contributed by atoms with van der Waals surface area (Å²) in [4.78, 5) is 11.8. The Bertz CT molecular complexity index is 812. The highest BCUT2D eigenvalue weighted by Crippen LogP contribution is 2.38. The van der Waals surface area contributed by atoms with Crippen molar-refractivity contribution in [2.24, 2.45) is 5.10 Å². The van der Waals surface area contributed by atoms with Gasteiger partial charge < -0.3 is 14.6 Å². The van der Waals surface area contributed by atoms with Crippen LogP contribution in [0.2, 0.25) is 0 Å². The van der Waals surface area contributed by atoms with Crippen molar-refractivity contribution in [3.05, 3.63) is 49.3 Å². The van der Waals surface area contributed by atoms with Crippen LogP contribution in [0.3, 0.4) is 0 Å². The Morgan fingerprint density at radius 1 is 1.24 bits per heavy atom. The van der Waals surface area contributed by atoms with Crippen LogP contribution in [0.4, 0.5) is 0 Å². The largest absolute Gasteiger partial charge is 0.507 e. The molecule has 0 aliphatic heterocycles. The quantitative estimate of drug-likeness (QED) is 0.428. The predicted octanol–water partition coefficient (Wildman–Crippen LogP) is 4.22. The number of phenols is 1. The topological polar surface area (TPSA) is 80.2 Å². The fourth-order valence-corrected chi connectivity index (χ4v) is 3.48. The molecule has 0 spiro atoms. The molecule has 0 aliphatic rings. The maximum absolute atomic E-state index is 11.8. The normalized spacial score (nSPS) is 10.7. The molecule has 132 valence electrons. The van der Waals surface area contributed by atoms with Gasteiger partial charge in [0.15, 0.2) is 18.1 Å². The van der Waals surface area contributed by atoms with E-state index in [1.54, 1.807) is 24.3 Å². The second kappa shape index (κ2) is 9.21. The van der Waals surface area contributed by atoms with Gasteiger partial charge in [-0.25, -0.2) is 5.43 Å². The number of rotatable bonds is 6. The molecule has 2 rings (SSSR count). The molecule has 0 bridgehead atoms. The number of hydrogen-bond acceptors (Lipinski definition) is 5. The first-order chi connectivity index (χ1) is 11.9. The molecule has 2 aromatic carbocycles. The van der Waals surface area contributed by atoms with Crippen LogP contribution in [0.1, 0.15) is 5.56 Å². The molecule has 2 aromatic rings. The van der Waals surface area contributed by atoms with E-state index in [0.29, 0.717) is 21.5 Å². The van der Waals surface area contributed by atoms with Crippen molar-refractivity contribution in [1.29, 1.82) is 0 Å². The van der Waals surface area contributed by atoms with E-state index in [1.807, 2.05) is 0 Å². The van der Waals surface area contributed by atoms with Crippen molar-refractivity contribution in [3.8, 4) is 17.2 Å². The number of carbonyl (C=O) groups is 1. The number of hydrazone groups is 1. The van der Waals surface area contributed by atoms with Gasteiger partial charge in [0.1, 0.15) is 5.75 Å². The van der Waals surface area contributed by atoms with Gasteiger partial charge in [-0.1, -0.05) is 31.9 Å². The summed E-state index contributed by atoms with van der Waals surface area (Å²) < 4.78 is 13.0. The minimum absolute atomic E-state index is 0.0565. The van der Waals surface area contributed by atoms with E-state index in [2.05, 4.69) is 58.3 Å². The van der Waals surface area contributed by atoms with Crippen LogP contribution in [0, 0.1) is 0 Å². The molecule has 0 unspecified atom stereocenters. The molecule has 0 heterocycles. The number of aromatic hydroxyl groups is 1. The molecule has 0 saturated heterocycles. The highest BCUT2D eigenvalue weighted by atomic mass is 79.9. The monoisotopic (exact) mass is 534 g/mol. The molecule has 25 heavy (non-hydrogen) atoms. The van der Waals surface area contributed by atoms with E-state index < -0.39 is 5.91 Å². The van der Waals surface area contributed by atoms with Gasteiger partial charge in [0.2, 0.25) is 0 Å². The van der Waals surface area contributed by atoms with Gasteiger partial charge in [0, 0.05) is 14.5 Å². The standard InChI is InChI=1S/C16H13Br3N2O4/c1-24-14-6-11(18)5-12(19)16(14)25-8-15(23)21-20-7-9-4-10(17)2-3-13(9)22/h2-7,22H,8H2,1H3,(H,21,23)/b20-7-. The van der Waals surface area contributed by atoms with Crippen LogP contribution in [0.5, 0.6) is 17.2 Å². The molecule has 0 aromatic heterocycles. The molecule has 0 radical (unpaired) electrons. The van der Waals surface area contributed by atoms with Crippen molar-refractivity contribution in [2.75, 3.05) is 13.7 Å². The fourth-order valence-electron chi connectivity index (χ4n) is 1.80. The number of nitrogens with one attached hydrogen (secondary N) is 1. The number of halogens is 3. The van der Waals surface area contributed by atoms with Gasteiger partial charge in [-0.3, -0.25) is 4.79 Å². The fraction of sp³-hybridized carbons (Fsp3) is 0.125. The average Bonchev–Trinajstić information content (AvgIpc) is 2.56. The maximum Gasteiger partial charge on any atom is 0.277 e. The van der Waals surface area contributed by atoms with E-state index in [4.69, 9.17) is 9.47 Å². The molecule has 2 N–H and O–H groups in total. The molecule has 0 aliphatic carbocycles. The third kappa shape index (κ3) is 5.72. The van der Waals surface area contributed by atoms with Crippen molar-refractivity contribution in [3.63, 3.8) is 0 Å².